The molecule has 4 aromatic carbocycles. The van der Waals surface area contributed by atoms with Crippen LogP contribution in [0, 0.1) is 0 Å². The van der Waals surface area contributed by atoms with Crippen LogP contribution in [0.2, 0.25) is 0 Å². The van der Waals surface area contributed by atoms with Crippen LogP contribution in [-0.4, -0.2) is 63.1 Å². The first-order valence-corrected chi connectivity index (χ1v) is 15.7. The Morgan fingerprint density at radius 2 is 1.52 bits per heavy atom. The van der Waals surface area contributed by atoms with Crippen molar-refractivity contribution in [3.05, 3.63) is 96.1 Å². The zero-order valence-corrected chi connectivity index (χ0v) is 25.1. The molecule has 0 atom stereocenters. The number of nitrogens with zero attached hydrogens (tertiary/aromatic N) is 4. The number of piperazine rings is 1. The third-order valence-corrected chi connectivity index (χ3v) is 9.87. The maximum absolute atomic E-state index is 13.4. The van der Waals surface area contributed by atoms with Gasteiger partial charge < -0.3 is 23.8 Å². The molecule has 0 amide bonds. The lowest BCUT2D eigenvalue weighted by molar-refractivity contribution is 0.359. The highest BCUT2D eigenvalue weighted by molar-refractivity contribution is 7.89. The van der Waals surface area contributed by atoms with E-state index in [1.54, 1.807) is 38.5 Å². The van der Waals surface area contributed by atoms with Gasteiger partial charge >= 0.3 is 6.01 Å². The Balaban J connectivity index is 1.19. The van der Waals surface area contributed by atoms with E-state index in [1.165, 1.54) is 4.31 Å². The summed E-state index contributed by atoms with van der Waals surface area (Å²) >= 11 is 0. The molecule has 2 aliphatic heterocycles. The highest BCUT2D eigenvalue weighted by Gasteiger charge is 2.30. The van der Waals surface area contributed by atoms with Gasteiger partial charge in [-0.2, -0.15) is 14.3 Å². The fourth-order valence-corrected chi connectivity index (χ4v) is 7.06. The number of aromatic nitrogens is 2. The molecule has 7 rings (SSSR count). The quantitative estimate of drug-likeness (QED) is 0.227. The van der Waals surface area contributed by atoms with E-state index in [1.807, 2.05) is 60.7 Å². The van der Waals surface area contributed by atoms with Crippen molar-refractivity contribution in [3.8, 4) is 34.8 Å². The van der Waals surface area contributed by atoms with Crippen molar-refractivity contribution in [2.45, 2.75) is 11.3 Å². The standard InChI is InChI=1S/C33H30N4O6S/c1-40-23-11-13-24(14-12-23)44(38,39)37-19-17-36(18-20-37)32-25-8-4-5-9-27(25)34-33(35-32)43-31-26-21-22-7-3-6-10-28(22)42-29(26)15-16-30(31)41-2/h3-16H,17-21H2,1-2H3. The van der Waals surface area contributed by atoms with Crippen LogP contribution >= 0.6 is 0 Å². The molecule has 0 N–H and O–H groups in total. The molecule has 11 heteroatoms. The number of methoxy groups -OCH3 is 2. The molecular weight excluding hydrogens is 580 g/mol. The molecule has 0 aliphatic carbocycles. The van der Waals surface area contributed by atoms with Crippen molar-refractivity contribution in [2.24, 2.45) is 0 Å². The van der Waals surface area contributed by atoms with Crippen LogP contribution in [0.25, 0.3) is 10.9 Å². The van der Waals surface area contributed by atoms with Gasteiger partial charge in [-0.05, 0) is 60.2 Å². The molecule has 0 bridgehead atoms. The van der Waals surface area contributed by atoms with Crippen molar-refractivity contribution in [2.75, 3.05) is 45.3 Å². The Morgan fingerprint density at radius 3 is 2.30 bits per heavy atom. The molecule has 2 aliphatic rings. The molecule has 1 aromatic heterocycles. The lowest BCUT2D eigenvalue weighted by Crippen LogP contribution is -2.49. The number of fused-ring (bicyclic) bond motifs is 3. The van der Waals surface area contributed by atoms with Gasteiger partial charge in [-0.3, -0.25) is 0 Å². The van der Waals surface area contributed by atoms with E-state index in [0.717, 1.165) is 22.3 Å². The van der Waals surface area contributed by atoms with Crippen LogP contribution in [0.5, 0.6) is 34.8 Å². The second-order valence-corrected chi connectivity index (χ2v) is 12.4. The number of sulfonamides is 1. The molecule has 1 saturated heterocycles. The Morgan fingerprint density at radius 1 is 0.773 bits per heavy atom. The fourth-order valence-electron chi connectivity index (χ4n) is 5.64. The molecule has 0 saturated carbocycles. The summed E-state index contributed by atoms with van der Waals surface area (Å²) in [5.74, 6) is 3.83. The lowest BCUT2D eigenvalue weighted by atomic mass is 9.99. The largest absolute Gasteiger partial charge is 0.497 e. The summed E-state index contributed by atoms with van der Waals surface area (Å²) in [6, 6.07) is 25.9. The molecule has 0 spiro atoms. The minimum absolute atomic E-state index is 0.164. The van der Waals surface area contributed by atoms with Gasteiger partial charge in [0.05, 0.1) is 24.6 Å². The Labute approximate surface area is 255 Å². The summed E-state index contributed by atoms with van der Waals surface area (Å²) in [6.45, 7) is 1.51. The van der Waals surface area contributed by atoms with Crippen molar-refractivity contribution >= 4 is 26.7 Å². The number of anilines is 1. The normalized spacial score (nSPS) is 14.8. The monoisotopic (exact) mass is 610 g/mol. The van der Waals surface area contributed by atoms with Gasteiger partial charge in [-0.15, -0.1) is 0 Å². The minimum atomic E-state index is -3.65. The maximum Gasteiger partial charge on any atom is 0.324 e. The molecule has 5 aromatic rings. The van der Waals surface area contributed by atoms with Crippen molar-refractivity contribution in [3.63, 3.8) is 0 Å². The summed E-state index contributed by atoms with van der Waals surface area (Å²) in [6.07, 6.45) is 0.600. The molecule has 1 fully saturated rings. The fraction of sp³-hybridized carbons (Fsp3) is 0.212. The van der Waals surface area contributed by atoms with Crippen molar-refractivity contribution in [1.82, 2.24) is 14.3 Å². The molecule has 3 heterocycles. The topological polar surface area (TPSA) is 103 Å². The van der Waals surface area contributed by atoms with Gasteiger partial charge in [0.2, 0.25) is 10.0 Å². The third-order valence-electron chi connectivity index (χ3n) is 7.95. The third kappa shape index (κ3) is 5.03. The number of benzene rings is 4. The predicted octanol–water partition coefficient (Wildman–Crippen LogP) is 5.65. The lowest BCUT2D eigenvalue weighted by Gasteiger charge is -2.35. The molecule has 224 valence electrons. The van der Waals surface area contributed by atoms with E-state index < -0.39 is 10.0 Å². The molecule has 0 unspecified atom stereocenters. The first-order valence-electron chi connectivity index (χ1n) is 14.2. The second kappa shape index (κ2) is 11.3. The van der Waals surface area contributed by atoms with Gasteiger partial charge in [0, 0.05) is 43.5 Å². The summed E-state index contributed by atoms with van der Waals surface area (Å²) in [7, 11) is -0.509. The zero-order chi connectivity index (χ0) is 30.3. The molecule has 0 radical (unpaired) electrons. The van der Waals surface area contributed by atoms with E-state index in [2.05, 4.69) is 4.90 Å². The van der Waals surface area contributed by atoms with Crippen LogP contribution in [0.15, 0.2) is 89.8 Å². The Hall–Kier alpha value is -4.87. The van der Waals surface area contributed by atoms with Gasteiger partial charge in [0.15, 0.2) is 11.5 Å². The maximum atomic E-state index is 13.4. The highest BCUT2D eigenvalue weighted by atomic mass is 32.2. The molecule has 10 nitrogen and oxygen atoms in total. The number of hydrogen-bond donors (Lipinski definition) is 0. The van der Waals surface area contributed by atoms with Gasteiger partial charge in [-0.1, -0.05) is 30.3 Å². The predicted molar refractivity (Wildman–Crippen MR) is 166 cm³/mol. The van der Waals surface area contributed by atoms with Crippen LogP contribution in [0.4, 0.5) is 5.82 Å². The van der Waals surface area contributed by atoms with E-state index in [-0.39, 0.29) is 10.9 Å². The van der Waals surface area contributed by atoms with Gasteiger partial charge in [0.25, 0.3) is 0 Å². The number of para-hydroxylation sites is 2. The van der Waals surface area contributed by atoms with Crippen LogP contribution < -0.4 is 23.8 Å². The zero-order valence-electron chi connectivity index (χ0n) is 24.3. The SMILES string of the molecule is COc1ccc(S(=O)(=O)N2CCN(c3nc(Oc4c(OC)ccc5c4Cc4ccccc4O5)nc4ccccc34)CC2)cc1. The first-order chi connectivity index (χ1) is 21.4. The Bertz CT molecular complexity index is 1960. The number of ether oxygens (including phenoxy) is 4. The van der Waals surface area contributed by atoms with Crippen molar-refractivity contribution < 1.29 is 27.4 Å². The average Bonchev–Trinajstić information content (AvgIpc) is 3.07. The van der Waals surface area contributed by atoms with E-state index in [4.69, 9.17) is 28.9 Å². The summed E-state index contributed by atoms with van der Waals surface area (Å²) in [5, 5.41) is 0.852. The summed E-state index contributed by atoms with van der Waals surface area (Å²) < 4.78 is 51.7. The summed E-state index contributed by atoms with van der Waals surface area (Å²) in [4.78, 5) is 11.9. The number of rotatable bonds is 7. The smallest absolute Gasteiger partial charge is 0.324 e. The number of hydrogen-bond acceptors (Lipinski definition) is 9. The average molecular weight is 611 g/mol. The van der Waals surface area contributed by atoms with E-state index in [0.29, 0.717) is 66.9 Å². The minimum Gasteiger partial charge on any atom is -0.497 e. The van der Waals surface area contributed by atoms with E-state index in [9.17, 15) is 8.42 Å². The highest BCUT2D eigenvalue weighted by Crippen LogP contribution is 2.46. The van der Waals surface area contributed by atoms with Gasteiger partial charge in [-0.25, -0.2) is 8.42 Å². The summed E-state index contributed by atoms with van der Waals surface area (Å²) in [5.41, 5.74) is 2.60. The van der Waals surface area contributed by atoms with Crippen LogP contribution in [0.3, 0.4) is 0 Å². The second-order valence-electron chi connectivity index (χ2n) is 10.5. The van der Waals surface area contributed by atoms with Crippen LogP contribution in [-0.2, 0) is 16.4 Å². The molecule has 44 heavy (non-hydrogen) atoms. The first kappa shape index (κ1) is 27.9. The van der Waals surface area contributed by atoms with Crippen LogP contribution in [0.1, 0.15) is 11.1 Å². The Kier molecular flexibility index (Phi) is 7.19. The molecular formula is C33H30N4O6S. The van der Waals surface area contributed by atoms with E-state index >= 15 is 0 Å². The van der Waals surface area contributed by atoms with Crippen molar-refractivity contribution in [1.29, 1.82) is 0 Å². The van der Waals surface area contributed by atoms with Gasteiger partial charge in [0.1, 0.15) is 23.1 Å².